The fraction of sp³-hybridized carbons (Fsp3) is 0.474. The second-order valence-electron chi connectivity index (χ2n) is 6.30. The number of amides is 2. The second kappa shape index (κ2) is 11.4. The Kier molecular flexibility index (Phi) is 9.27. The molecule has 0 aliphatic carbocycles. The number of carbonyl (C=O) groups excluding carboxylic acids is 2. The normalized spacial score (nSPS) is 10.9. The minimum atomic E-state index is -0.0802. The Morgan fingerprint density at radius 2 is 1.61 bits per heavy atom. The number of thioether (sulfide) groups is 2. The van der Waals surface area contributed by atoms with Crippen molar-refractivity contribution < 1.29 is 9.59 Å². The summed E-state index contributed by atoms with van der Waals surface area (Å²) >= 11 is 4.15. The van der Waals surface area contributed by atoms with Gasteiger partial charge >= 0.3 is 0 Å². The van der Waals surface area contributed by atoms with Crippen LogP contribution in [0.3, 0.4) is 0 Å². The molecule has 2 rings (SSSR count). The highest BCUT2D eigenvalue weighted by Gasteiger charge is 2.13. The van der Waals surface area contributed by atoms with Gasteiger partial charge in [0.1, 0.15) is 0 Å². The van der Waals surface area contributed by atoms with Gasteiger partial charge in [0.2, 0.25) is 11.8 Å². The summed E-state index contributed by atoms with van der Waals surface area (Å²) in [5.41, 5.74) is 2.03. The molecule has 1 aromatic heterocycles. The Hall–Kier alpha value is -1.58. The van der Waals surface area contributed by atoms with Crippen LogP contribution in [0.5, 0.6) is 0 Å². The molecule has 0 spiro atoms. The van der Waals surface area contributed by atoms with Crippen LogP contribution in [0.4, 0.5) is 5.69 Å². The zero-order valence-electron chi connectivity index (χ0n) is 16.6. The average molecular weight is 439 g/mol. The lowest BCUT2D eigenvalue weighted by Gasteiger charge is -2.17. The van der Waals surface area contributed by atoms with Gasteiger partial charge in [-0.2, -0.15) is 0 Å². The van der Waals surface area contributed by atoms with Gasteiger partial charge in [0.05, 0.1) is 11.5 Å². The van der Waals surface area contributed by atoms with Gasteiger partial charge < -0.3 is 10.2 Å². The lowest BCUT2D eigenvalue weighted by Crippen LogP contribution is -2.31. The number of anilines is 1. The first-order valence-corrected chi connectivity index (χ1v) is 12.0. The van der Waals surface area contributed by atoms with Crippen LogP contribution < -0.4 is 5.32 Å². The Labute approximate surface area is 178 Å². The van der Waals surface area contributed by atoms with E-state index in [2.05, 4.69) is 29.4 Å². The molecule has 0 bridgehead atoms. The molecular weight excluding hydrogens is 412 g/mol. The number of nitrogens with zero attached hydrogens (tertiary/aromatic N) is 3. The first-order chi connectivity index (χ1) is 13.4. The predicted octanol–water partition coefficient (Wildman–Crippen LogP) is 4.35. The number of rotatable bonds is 10. The molecule has 0 radical (unpaired) electrons. The number of hydrogen-bond acceptors (Lipinski definition) is 7. The maximum absolute atomic E-state index is 12.1. The molecule has 0 aliphatic rings. The van der Waals surface area contributed by atoms with E-state index < -0.39 is 0 Å². The number of benzene rings is 1. The molecule has 6 nitrogen and oxygen atoms in total. The van der Waals surface area contributed by atoms with E-state index in [4.69, 9.17) is 0 Å². The highest BCUT2D eigenvalue weighted by molar-refractivity contribution is 8.03. The molecule has 2 amide bonds. The van der Waals surface area contributed by atoms with E-state index in [0.29, 0.717) is 24.8 Å². The Balaban J connectivity index is 1.77. The van der Waals surface area contributed by atoms with Crippen LogP contribution in [0.15, 0.2) is 32.9 Å². The van der Waals surface area contributed by atoms with E-state index in [1.807, 2.05) is 38.1 Å². The summed E-state index contributed by atoms with van der Waals surface area (Å²) in [5, 5.41) is 11.1. The minimum Gasteiger partial charge on any atom is -0.343 e. The van der Waals surface area contributed by atoms with Crippen LogP contribution in [0.1, 0.15) is 39.2 Å². The molecule has 2 aromatic rings. The first-order valence-electron chi connectivity index (χ1n) is 9.19. The number of nitrogens with one attached hydrogen (secondary N) is 1. The van der Waals surface area contributed by atoms with Crippen LogP contribution in [0.25, 0.3) is 0 Å². The lowest BCUT2D eigenvalue weighted by atomic mass is 10.0. The molecule has 0 saturated carbocycles. The van der Waals surface area contributed by atoms with Crippen molar-refractivity contribution in [3.8, 4) is 0 Å². The average Bonchev–Trinajstić information content (AvgIpc) is 3.14. The van der Waals surface area contributed by atoms with Gasteiger partial charge in [-0.25, -0.2) is 0 Å². The fourth-order valence-electron chi connectivity index (χ4n) is 2.38. The van der Waals surface area contributed by atoms with Gasteiger partial charge in [0.25, 0.3) is 0 Å². The van der Waals surface area contributed by atoms with Gasteiger partial charge in [-0.1, -0.05) is 60.8 Å². The van der Waals surface area contributed by atoms with Crippen molar-refractivity contribution in [3.63, 3.8) is 0 Å². The number of aromatic nitrogens is 2. The summed E-state index contributed by atoms with van der Waals surface area (Å²) in [6.07, 6.45) is 0. The highest BCUT2D eigenvalue weighted by atomic mass is 32.2. The van der Waals surface area contributed by atoms with E-state index >= 15 is 0 Å². The molecule has 0 unspecified atom stereocenters. The maximum atomic E-state index is 12.1. The third-order valence-electron chi connectivity index (χ3n) is 4.01. The number of carbonyl (C=O) groups is 2. The van der Waals surface area contributed by atoms with E-state index in [0.717, 1.165) is 14.4 Å². The van der Waals surface area contributed by atoms with Crippen molar-refractivity contribution in [1.29, 1.82) is 0 Å². The molecule has 0 atom stereocenters. The van der Waals surface area contributed by atoms with Gasteiger partial charge in [-0.05, 0) is 37.5 Å². The standard InChI is InChI=1S/C19H26N4O2S3/c1-5-23(6-2)17(25)12-27-19-22-21-18(28-19)26-11-16(24)20-15-9-7-14(8-10-15)13(3)4/h7-10,13H,5-6,11-12H2,1-4H3,(H,20,24). The quantitative estimate of drug-likeness (QED) is 0.556. The topological polar surface area (TPSA) is 75.2 Å². The summed E-state index contributed by atoms with van der Waals surface area (Å²) in [6, 6.07) is 7.90. The van der Waals surface area contributed by atoms with Crippen molar-refractivity contribution in [2.45, 2.75) is 42.3 Å². The zero-order chi connectivity index (χ0) is 20.5. The molecule has 1 heterocycles. The smallest absolute Gasteiger partial charge is 0.234 e. The van der Waals surface area contributed by atoms with Crippen LogP contribution in [-0.4, -0.2) is 51.5 Å². The van der Waals surface area contributed by atoms with E-state index in [1.165, 1.54) is 40.4 Å². The largest absolute Gasteiger partial charge is 0.343 e. The van der Waals surface area contributed by atoms with Crippen molar-refractivity contribution in [3.05, 3.63) is 29.8 Å². The van der Waals surface area contributed by atoms with E-state index in [1.54, 1.807) is 4.90 Å². The summed E-state index contributed by atoms with van der Waals surface area (Å²) < 4.78 is 1.47. The Morgan fingerprint density at radius 3 is 2.14 bits per heavy atom. The third-order valence-corrected chi connectivity index (χ3v) is 7.19. The molecule has 1 aromatic carbocycles. The van der Waals surface area contributed by atoms with Gasteiger partial charge in [0.15, 0.2) is 8.68 Å². The van der Waals surface area contributed by atoms with Gasteiger partial charge in [-0.15, -0.1) is 10.2 Å². The van der Waals surface area contributed by atoms with E-state index in [-0.39, 0.29) is 17.6 Å². The Morgan fingerprint density at radius 1 is 1.04 bits per heavy atom. The van der Waals surface area contributed by atoms with E-state index in [9.17, 15) is 9.59 Å². The van der Waals surface area contributed by atoms with Crippen LogP contribution >= 0.6 is 34.9 Å². The minimum absolute atomic E-state index is 0.0802. The predicted molar refractivity (Wildman–Crippen MR) is 118 cm³/mol. The summed E-state index contributed by atoms with van der Waals surface area (Å²) in [5.74, 6) is 1.11. The molecule has 0 aliphatic heterocycles. The van der Waals surface area contributed by atoms with Crippen LogP contribution in [0, 0.1) is 0 Å². The molecular formula is C19H26N4O2S3. The third kappa shape index (κ3) is 7.10. The van der Waals surface area contributed by atoms with Crippen molar-refractivity contribution >= 4 is 52.4 Å². The summed E-state index contributed by atoms with van der Waals surface area (Å²) in [6.45, 7) is 9.63. The molecule has 9 heteroatoms. The van der Waals surface area contributed by atoms with Crippen molar-refractivity contribution in [2.24, 2.45) is 0 Å². The first kappa shape index (κ1) is 22.7. The van der Waals surface area contributed by atoms with Crippen LogP contribution in [0.2, 0.25) is 0 Å². The SMILES string of the molecule is CCN(CC)C(=O)CSc1nnc(SCC(=O)Nc2ccc(C(C)C)cc2)s1. The highest BCUT2D eigenvalue weighted by Crippen LogP contribution is 2.29. The monoisotopic (exact) mass is 438 g/mol. The zero-order valence-corrected chi connectivity index (χ0v) is 19.0. The van der Waals surface area contributed by atoms with Crippen molar-refractivity contribution in [2.75, 3.05) is 29.9 Å². The number of hydrogen-bond donors (Lipinski definition) is 1. The maximum Gasteiger partial charge on any atom is 0.234 e. The fourth-order valence-corrected chi connectivity index (χ4v) is 5.10. The second-order valence-corrected chi connectivity index (χ2v) is 9.72. The summed E-state index contributed by atoms with van der Waals surface area (Å²) in [4.78, 5) is 26.0. The molecule has 152 valence electrons. The lowest BCUT2D eigenvalue weighted by molar-refractivity contribution is -0.128. The molecule has 0 saturated heterocycles. The van der Waals surface area contributed by atoms with Crippen LogP contribution in [-0.2, 0) is 9.59 Å². The molecule has 0 fully saturated rings. The van der Waals surface area contributed by atoms with Gasteiger partial charge in [0, 0.05) is 18.8 Å². The van der Waals surface area contributed by atoms with Gasteiger partial charge in [-0.3, -0.25) is 9.59 Å². The molecule has 1 N–H and O–H groups in total. The summed E-state index contributed by atoms with van der Waals surface area (Å²) in [7, 11) is 0. The molecule has 28 heavy (non-hydrogen) atoms. The van der Waals surface area contributed by atoms with Crippen molar-refractivity contribution in [1.82, 2.24) is 15.1 Å². The Bertz CT molecular complexity index is 774.